The first kappa shape index (κ1) is 14.0. The van der Waals surface area contributed by atoms with E-state index in [1.165, 1.54) is 22.7 Å². The Labute approximate surface area is 118 Å². The second-order valence-corrected chi connectivity index (χ2v) is 5.23. The van der Waals surface area contributed by atoms with Crippen LogP contribution in [0, 0.1) is 6.92 Å². The van der Waals surface area contributed by atoms with Crippen LogP contribution in [0.1, 0.15) is 29.9 Å². The third kappa shape index (κ3) is 3.75. The molecule has 0 bridgehead atoms. The molecule has 2 aromatic rings. The summed E-state index contributed by atoms with van der Waals surface area (Å²) in [6.07, 6.45) is 0.757. The van der Waals surface area contributed by atoms with Gasteiger partial charge in [0.2, 0.25) is 5.13 Å². The van der Waals surface area contributed by atoms with Crippen LogP contribution in [0.4, 0.5) is 5.13 Å². The Morgan fingerprint density at radius 2 is 2.16 bits per heavy atom. The zero-order valence-electron chi connectivity index (χ0n) is 11.5. The van der Waals surface area contributed by atoms with Crippen molar-refractivity contribution in [1.29, 1.82) is 0 Å². The van der Waals surface area contributed by atoms with Gasteiger partial charge >= 0.3 is 0 Å². The highest BCUT2D eigenvalue weighted by molar-refractivity contribution is 7.09. The zero-order chi connectivity index (χ0) is 13.7. The maximum atomic E-state index is 5.03. The van der Waals surface area contributed by atoms with Crippen molar-refractivity contribution in [1.82, 2.24) is 9.36 Å². The van der Waals surface area contributed by atoms with Gasteiger partial charge in [-0.15, -0.1) is 0 Å². The Bertz CT molecular complexity index is 527. The van der Waals surface area contributed by atoms with Gasteiger partial charge in [0.25, 0.3) is 0 Å². The standard InChI is InChI=1S/C14H19N3OS/c1-10-6-4-5-7-12(10)11(2)15-14-16-13(17-19-14)8-9-18-3/h4-7,11H,8-9H2,1-3H3,(H,15,16,17). The summed E-state index contributed by atoms with van der Waals surface area (Å²) < 4.78 is 9.34. The molecule has 19 heavy (non-hydrogen) atoms. The summed E-state index contributed by atoms with van der Waals surface area (Å²) in [5.41, 5.74) is 2.57. The normalized spacial score (nSPS) is 12.4. The van der Waals surface area contributed by atoms with Crippen LogP contribution in [0.15, 0.2) is 24.3 Å². The van der Waals surface area contributed by atoms with Gasteiger partial charge < -0.3 is 10.1 Å². The number of nitrogens with zero attached hydrogens (tertiary/aromatic N) is 2. The van der Waals surface area contributed by atoms with Crippen molar-refractivity contribution in [2.45, 2.75) is 26.3 Å². The van der Waals surface area contributed by atoms with E-state index in [2.05, 4.69) is 52.8 Å². The minimum Gasteiger partial charge on any atom is -0.384 e. The van der Waals surface area contributed by atoms with Gasteiger partial charge in [0, 0.05) is 25.1 Å². The average molecular weight is 277 g/mol. The van der Waals surface area contributed by atoms with Crippen molar-refractivity contribution >= 4 is 16.7 Å². The molecular weight excluding hydrogens is 258 g/mol. The van der Waals surface area contributed by atoms with Crippen molar-refractivity contribution in [2.24, 2.45) is 0 Å². The van der Waals surface area contributed by atoms with Gasteiger partial charge in [0.05, 0.1) is 12.6 Å². The van der Waals surface area contributed by atoms with Crippen LogP contribution >= 0.6 is 11.5 Å². The summed E-state index contributed by atoms with van der Waals surface area (Å²) in [6.45, 7) is 4.92. The number of aryl methyl sites for hydroxylation is 1. The van der Waals surface area contributed by atoms with E-state index in [1.54, 1.807) is 7.11 Å². The Balaban J connectivity index is 2.01. The van der Waals surface area contributed by atoms with Crippen molar-refractivity contribution in [3.63, 3.8) is 0 Å². The van der Waals surface area contributed by atoms with Gasteiger partial charge in [-0.25, -0.2) is 4.98 Å². The molecule has 0 aliphatic rings. The first-order chi connectivity index (χ1) is 9.20. The molecule has 2 rings (SSSR count). The first-order valence-corrected chi connectivity index (χ1v) is 7.11. The molecule has 0 spiro atoms. The zero-order valence-corrected chi connectivity index (χ0v) is 12.3. The lowest BCUT2D eigenvalue weighted by Crippen LogP contribution is -2.08. The highest BCUT2D eigenvalue weighted by Crippen LogP contribution is 2.22. The number of ether oxygens (including phenoxy) is 1. The monoisotopic (exact) mass is 277 g/mol. The van der Waals surface area contributed by atoms with Crippen LogP contribution in [-0.4, -0.2) is 23.1 Å². The van der Waals surface area contributed by atoms with E-state index in [1.807, 2.05) is 0 Å². The van der Waals surface area contributed by atoms with Crippen molar-refractivity contribution in [2.75, 3.05) is 19.0 Å². The largest absolute Gasteiger partial charge is 0.384 e. The molecule has 0 aliphatic carbocycles. The number of methoxy groups -OCH3 is 1. The van der Waals surface area contributed by atoms with Crippen LogP contribution < -0.4 is 5.32 Å². The smallest absolute Gasteiger partial charge is 0.203 e. The predicted molar refractivity (Wildman–Crippen MR) is 78.7 cm³/mol. The van der Waals surface area contributed by atoms with Crippen molar-refractivity contribution < 1.29 is 4.74 Å². The summed E-state index contributed by atoms with van der Waals surface area (Å²) >= 11 is 1.40. The van der Waals surface area contributed by atoms with E-state index in [0.717, 1.165) is 17.4 Å². The molecule has 0 saturated heterocycles. The van der Waals surface area contributed by atoms with Gasteiger partial charge in [0.1, 0.15) is 5.82 Å². The van der Waals surface area contributed by atoms with E-state index in [0.29, 0.717) is 6.61 Å². The van der Waals surface area contributed by atoms with Crippen LogP contribution in [-0.2, 0) is 11.2 Å². The molecule has 0 aliphatic heterocycles. The minimum atomic E-state index is 0.226. The van der Waals surface area contributed by atoms with Crippen LogP contribution in [0.5, 0.6) is 0 Å². The summed E-state index contributed by atoms with van der Waals surface area (Å²) in [6, 6.07) is 8.60. The maximum absolute atomic E-state index is 5.03. The van der Waals surface area contributed by atoms with Crippen LogP contribution in [0.3, 0.4) is 0 Å². The SMILES string of the molecule is COCCc1nsc(NC(C)c2ccccc2C)n1. The third-order valence-electron chi connectivity index (χ3n) is 2.99. The fourth-order valence-electron chi connectivity index (χ4n) is 1.94. The van der Waals surface area contributed by atoms with Crippen molar-refractivity contribution in [3.05, 3.63) is 41.2 Å². The van der Waals surface area contributed by atoms with Gasteiger partial charge in [-0.3, -0.25) is 0 Å². The van der Waals surface area contributed by atoms with Gasteiger partial charge in [-0.05, 0) is 25.0 Å². The van der Waals surface area contributed by atoms with Gasteiger partial charge in [-0.2, -0.15) is 4.37 Å². The number of hydrogen-bond donors (Lipinski definition) is 1. The van der Waals surface area contributed by atoms with E-state index >= 15 is 0 Å². The third-order valence-corrected chi connectivity index (χ3v) is 3.68. The summed E-state index contributed by atoms with van der Waals surface area (Å²) in [5, 5.41) is 4.26. The van der Waals surface area contributed by atoms with E-state index < -0.39 is 0 Å². The van der Waals surface area contributed by atoms with E-state index in [9.17, 15) is 0 Å². The lowest BCUT2D eigenvalue weighted by molar-refractivity contribution is 0.201. The molecule has 0 radical (unpaired) electrons. The minimum absolute atomic E-state index is 0.226. The fourth-order valence-corrected chi connectivity index (χ4v) is 2.64. The lowest BCUT2D eigenvalue weighted by atomic mass is 10.0. The highest BCUT2D eigenvalue weighted by atomic mass is 32.1. The molecule has 1 N–H and O–H groups in total. The van der Waals surface area contributed by atoms with Gasteiger partial charge in [-0.1, -0.05) is 24.3 Å². The molecule has 0 amide bonds. The number of benzene rings is 1. The van der Waals surface area contributed by atoms with Crippen LogP contribution in [0.2, 0.25) is 0 Å². The van der Waals surface area contributed by atoms with Gasteiger partial charge in [0.15, 0.2) is 0 Å². The van der Waals surface area contributed by atoms with Crippen LogP contribution in [0.25, 0.3) is 0 Å². The van der Waals surface area contributed by atoms with E-state index in [4.69, 9.17) is 4.74 Å². The first-order valence-electron chi connectivity index (χ1n) is 6.34. The fraction of sp³-hybridized carbons (Fsp3) is 0.429. The highest BCUT2D eigenvalue weighted by Gasteiger charge is 2.10. The second-order valence-electron chi connectivity index (χ2n) is 4.48. The molecule has 0 fully saturated rings. The molecule has 1 heterocycles. The summed E-state index contributed by atoms with van der Waals surface area (Å²) in [7, 11) is 1.69. The van der Waals surface area contributed by atoms with Crippen molar-refractivity contribution in [3.8, 4) is 0 Å². The number of hydrogen-bond acceptors (Lipinski definition) is 5. The predicted octanol–water partition coefficient (Wildman–Crippen LogP) is 3.21. The number of rotatable bonds is 6. The molecular formula is C14H19N3OS. The Kier molecular flexibility index (Phi) is 4.87. The second kappa shape index (κ2) is 6.63. The molecule has 1 aromatic carbocycles. The lowest BCUT2D eigenvalue weighted by Gasteiger charge is -2.15. The molecule has 1 aromatic heterocycles. The number of nitrogens with one attached hydrogen (secondary N) is 1. The Morgan fingerprint density at radius 1 is 1.37 bits per heavy atom. The Morgan fingerprint density at radius 3 is 2.89 bits per heavy atom. The topological polar surface area (TPSA) is 47.0 Å². The molecule has 1 atom stereocenters. The quantitative estimate of drug-likeness (QED) is 0.880. The maximum Gasteiger partial charge on any atom is 0.203 e. The Hall–Kier alpha value is -1.46. The van der Waals surface area contributed by atoms with E-state index in [-0.39, 0.29) is 6.04 Å². The number of anilines is 1. The molecule has 0 saturated carbocycles. The summed E-state index contributed by atoms with van der Waals surface area (Å²) in [4.78, 5) is 4.46. The molecule has 5 heteroatoms. The molecule has 4 nitrogen and oxygen atoms in total. The number of aromatic nitrogens is 2. The summed E-state index contributed by atoms with van der Waals surface area (Å²) in [5.74, 6) is 0.839. The molecule has 1 unspecified atom stereocenters. The average Bonchev–Trinajstić information content (AvgIpc) is 2.84. The molecule has 102 valence electrons.